The summed E-state index contributed by atoms with van der Waals surface area (Å²) in [4.78, 5) is 4.35. The fourth-order valence-corrected chi connectivity index (χ4v) is 1.58. The lowest BCUT2D eigenvalue weighted by Crippen LogP contribution is -2.23. The first-order valence-electron chi connectivity index (χ1n) is 5.23. The van der Waals surface area contributed by atoms with Gasteiger partial charge < -0.3 is 9.47 Å². The Hall–Kier alpha value is -1.35. The molecular weight excluding hydrogens is 190 g/mol. The molecule has 3 nitrogen and oxygen atoms in total. The fraction of sp³-hybridized carbons (Fsp3) is 0.417. The molecule has 1 aliphatic heterocycles. The zero-order valence-corrected chi connectivity index (χ0v) is 8.85. The van der Waals surface area contributed by atoms with Crippen LogP contribution in [0.3, 0.4) is 0 Å². The summed E-state index contributed by atoms with van der Waals surface area (Å²) in [7, 11) is 0. The van der Waals surface area contributed by atoms with Crippen LogP contribution < -0.4 is 0 Å². The Labute approximate surface area is 89.7 Å². The highest BCUT2D eigenvalue weighted by Crippen LogP contribution is 2.20. The molecule has 1 aromatic carbocycles. The van der Waals surface area contributed by atoms with Crippen LogP contribution >= 0.6 is 0 Å². The summed E-state index contributed by atoms with van der Waals surface area (Å²) in [6, 6.07) is 10.2. The van der Waals surface area contributed by atoms with E-state index in [4.69, 9.17) is 9.47 Å². The van der Waals surface area contributed by atoms with Crippen LogP contribution in [0.15, 0.2) is 35.3 Å². The van der Waals surface area contributed by atoms with Gasteiger partial charge in [-0.05, 0) is 12.5 Å². The number of ether oxygens (including phenoxy) is 2. The predicted octanol–water partition coefficient (Wildman–Crippen LogP) is 2.19. The fourth-order valence-electron chi connectivity index (χ4n) is 1.58. The van der Waals surface area contributed by atoms with Crippen molar-refractivity contribution in [2.75, 3.05) is 19.8 Å². The summed E-state index contributed by atoms with van der Waals surface area (Å²) in [5.74, 6) is 0.713. The Morgan fingerprint density at radius 3 is 2.80 bits per heavy atom. The van der Waals surface area contributed by atoms with E-state index in [0.29, 0.717) is 25.7 Å². The largest absolute Gasteiger partial charge is 0.480 e. The van der Waals surface area contributed by atoms with Gasteiger partial charge in [-0.1, -0.05) is 30.3 Å². The monoisotopic (exact) mass is 205 g/mol. The van der Waals surface area contributed by atoms with Gasteiger partial charge in [-0.25, -0.2) is 0 Å². The molecule has 2 rings (SSSR count). The van der Waals surface area contributed by atoms with Crippen LogP contribution in [0.4, 0.5) is 0 Å². The van der Waals surface area contributed by atoms with E-state index < -0.39 is 0 Å². The molecular formula is C12H15NO2. The molecule has 80 valence electrons. The van der Waals surface area contributed by atoms with E-state index in [1.54, 1.807) is 0 Å². The van der Waals surface area contributed by atoms with Gasteiger partial charge in [0, 0.05) is 0 Å². The van der Waals surface area contributed by atoms with Crippen molar-refractivity contribution in [1.82, 2.24) is 0 Å². The molecule has 0 spiro atoms. The summed E-state index contributed by atoms with van der Waals surface area (Å²) < 4.78 is 11.0. The molecule has 0 saturated carbocycles. The number of hydrogen-bond acceptors (Lipinski definition) is 3. The topological polar surface area (TPSA) is 30.8 Å². The third-order valence-electron chi connectivity index (χ3n) is 2.32. The minimum absolute atomic E-state index is 0.0791. The molecule has 1 heterocycles. The van der Waals surface area contributed by atoms with Crippen molar-refractivity contribution in [3.8, 4) is 0 Å². The van der Waals surface area contributed by atoms with Gasteiger partial charge >= 0.3 is 0 Å². The maximum atomic E-state index is 5.67. The summed E-state index contributed by atoms with van der Waals surface area (Å²) in [5, 5.41) is 0. The second-order valence-corrected chi connectivity index (χ2v) is 3.38. The van der Waals surface area contributed by atoms with E-state index in [1.807, 2.05) is 25.1 Å². The Kier molecular flexibility index (Phi) is 3.35. The number of rotatable bonds is 2. The minimum atomic E-state index is 0.0791. The van der Waals surface area contributed by atoms with E-state index in [2.05, 4.69) is 17.1 Å². The van der Waals surface area contributed by atoms with Crippen molar-refractivity contribution in [3.63, 3.8) is 0 Å². The van der Waals surface area contributed by atoms with Crippen LogP contribution in [0, 0.1) is 0 Å². The van der Waals surface area contributed by atoms with Crippen molar-refractivity contribution in [1.29, 1.82) is 0 Å². The van der Waals surface area contributed by atoms with E-state index in [0.717, 1.165) is 0 Å². The summed E-state index contributed by atoms with van der Waals surface area (Å²) in [6.45, 7) is 3.73. The van der Waals surface area contributed by atoms with Crippen LogP contribution in [0.1, 0.15) is 18.6 Å². The first-order chi connectivity index (χ1) is 7.40. The summed E-state index contributed by atoms with van der Waals surface area (Å²) in [5.41, 5.74) is 1.18. The molecule has 3 heteroatoms. The average Bonchev–Trinajstić information content (AvgIpc) is 2.32. The van der Waals surface area contributed by atoms with Crippen molar-refractivity contribution < 1.29 is 9.47 Å². The molecule has 1 unspecified atom stereocenters. The molecule has 0 aromatic heterocycles. The maximum absolute atomic E-state index is 5.67. The van der Waals surface area contributed by atoms with Crippen LogP contribution in [-0.4, -0.2) is 25.7 Å². The normalized spacial score (nSPS) is 20.9. The second kappa shape index (κ2) is 4.94. The summed E-state index contributed by atoms with van der Waals surface area (Å²) in [6.07, 6.45) is 0.0791. The van der Waals surface area contributed by atoms with Crippen molar-refractivity contribution in [2.45, 2.75) is 13.0 Å². The molecule has 0 bridgehead atoms. The standard InChI is InChI=1S/C12H15NO2/c1-2-14-12-9-15-11(8-13-12)10-6-4-3-5-7-10/h3-7,11H,2,8-9H2,1H3. The molecule has 0 aliphatic carbocycles. The molecule has 1 atom stereocenters. The Morgan fingerprint density at radius 1 is 1.40 bits per heavy atom. The highest BCUT2D eigenvalue weighted by Gasteiger charge is 2.17. The van der Waals surface area contributed by atoms with E-state index in [1.165, 1.54) is 5.56 Å². The Bertz CT molecular complexity index is 335. The molecule has 0 amide bonds. The highest BCUT2D eigenvalue weighted by molar-refractivity contribution is 5.77. The molecule has 0 N–H and O–H groups in total. The van der Waals surface area contributed by atoms with Crippen LogP contribution in [0.2, 0.25) is 0 Å². The first-order valence-corrected chi connectivity index (χ1v) is 5.23. The van der Waals surface area contributed by atoms with Crippen molar-refractivity contribution >= 4 is 5.90 Å². The van der Waals surface area contributed by atoms with E-state index >= 15 is 0 Å². The van der Waals surface area contributed by atoms with Gasteiger partial charge in [-0.2, -0.15) is 0 Å². The quantitative estimate of drug-likeness (QED) is 0.741. The van der Waals surface area contributed by atoms with Gasteiger partial charge in [-0.15, -0.1) is 0 Å². The molecule has 0 radical (unpaired) electrons. The molecule has 1 aromatic rings. The molecule has 15 heavy (non-hydrogen) atoms. The average molecular weight is 205 g/mol. The lowest BCUT2D eigenvalue weighted by atomic mass is 10.1. The second-order valence-electron chi connectivity index (χ2n) is 3.38. The molecule has 1 aliphatic rings. The third kappa shape index (κ3) is 2.57. The molecule has 0 saturated heterocycles. The molecule has 0 fully saturated rings. The third-order valence-corrected chi connectivity index (χ3v) is 2.32. The highest BCUT2D eigenvalue weighted by atomic mass is 16.5. The number of nitrogens with zero attached hydrogens (tertiary/aromatic N) is 1. The van der Waals surface area contributed by atoms with Crippen LogP contribution in [-0.2, 0) is 9.47 Å². The van der Waals surface area contributed by atoms with Gasteiger partial charge in [0.15, 0.2) is 0 Å². The first kappa shape index (κ1) is 10.2. The number of hydrogen-bond donors (Lipinski definition) is 0. The number of aliphatic imine (C=N–C) groups is 1. The minimum Gasteiger partial charge on any atom is -0.480 e. The lowest BCUT2D eigenvalue weighted by Gasteiger charge is -2.22. The van der Waals surface area contributed by atoms with Crippen LogP contribution in [0.25, 0.3) is 0 Å². The van der Waals surface area contributed by atoms with E-state index in [9.17, 15) is 0 Å². The Balaban J connectivity index is 1.99. The van der Waals surface area contributed by atoms with E-state index in [-0.39, 0.29) is 6.10 Å². The summed E-state index contributed by atoms with van der Waals surface area (Å²) >= 11 is 0. The zero-order chi connectivity index (χ0) is 10.5. The zero-order valence-electron chi connectivity index (χ0n) is 8.85. The van der Waals surface area contributed by atoms with Crippen LogP contribution in [0.5, 0.6) is 0 Å². The van der Waals surface area contributed by atoms with Gasteiger partial charge in [0.1, 0.15) is 12.7 Å². The smallest absolute Gasteiger partial charge is 0.210 e. The van der Waals surface area contributed by atoms with Crippen molar-refractivity contribution in [3.05, 3.63) is 35.9 Å². The van der Waals surface area contributed by atoms with Crippen molar-refractivity contribution in [2.24, 2.45) is 4.99 Å². The lowest BCUT2D eigenvalue weighted by molar-refractivity contribution is 0.0639. The van der Waals surface area contributed by atoms with Gasteiger partial charge in [0.25, 0.3) is 0 Å². The van der Waals surface area contributed by atoms with Gasteiger partial charge in [0.05, 0.1) is 13.2 Å². The van der Waals surface area contributed by atoms with Gasteiger partial charge in [0.2, 0.25) is 5.90 Å². The SMILES string of the molecule is CCOC1=NCC(c2ccccc2)OC1. The number of benzene rings is 1. The van der Waals surface area contributed by atoms with Gasteiger partial charge in [-0.3, -0.25) is 4.99 Å². The Morgan fingerprint density at radius 2 is 2.20 bits per heavy atom. The maximum Gasteiger partial charge on any atom is 0.210 e. The predicted molar refractivity (Wildman–Crippen MR) is 59.1 cm³/mol.